The second-order valence-electron chi connectivity index (χ2n) is 6.47. The number of furan rings is 1. The molecule has 3 heterocycles. The average molecular weight is 314 g/mol. The van der Waals surface area contributed by atoms with E-state index in [-0.39, 0.29) is 11.9 Å². The zero-order valence-electron chi connectivity index (χ0n) is 13.1. The normalized spacial score (nSPS) is 19.8. The summed E-state index contributed by atoms with van der Waals surface area (Å²) in [5, 5.41) is 10.1. The van der Waals surface area contributed by atoms with E-state index in [1.54, 1.807) is 6.26 Å². The van der Waals surface area contributed by atoms with E-state index >= 15 is 0 Å². The lowest BCUT2D eigenvalue weighted by Gasteiger charge is -2.25. The molecule has 1 saturated heterocycles. The molecule has 0 aromatic carbocycles. The van der Waals surface area contributed by atoms with Crippen LogP contribution in [-0.4, -0.2) is 40.6 Å². The van der Waals surface area contributed by atoms with Gasteiger partial charge in [0.15, 0.2) is 0 Å². The number of aromatic amines is 1. The van der Waals surface area contributed by atoms with Gasteiger partial charge in [0.25, 0.3) is 5.91 Å². The highest BCUT2D eigenvalue weighted by Gasteiger charge is 2.28. The van der Waals surface area contributed by atoms with Crippen molar-refractivity contribution >= 4 is 5.91 Å². The monoisotopic (exact) mass is 314 g/mol. The maximum Gasteiger partial charge on any atom is 0.271 e. The third kappa shape index (κ3) is 3.17. The predicted molar refractivity (Wildman–Crippen MR) is 85.2 cm³/mol. The Balaban J connectivity index is 1.41. The average Bonchev–Trinajstić information content (AvgIpc) is 3.06. The molecule has 6 nitrogen and oxygen atoms in total. The molecule has 0 radical (unpaired) electrons. The summed E-state index contributed by atoms with van der Waals surface area (Å²) in [5.74, 6) is 1.36. The Morgan fingerprint density at radius 3 is 2.96 bits per heavy atom. The molecule has 1 aliphatic carbocycles. The van der Waals surface area contributed by atoms with Gasteiger partial charge in [0.1, 0.15) is 11.5 Å². The van der Waals surface area contributed by atoms with Gasteiger partial charge in [-0.3, -0.25) is 14.8 Å². The van der Waals surface area contributed by atoms with Gasteiger partial charge >= 0.3 is 0 Å². The molecule has 1 amide bonds. The number of aromatic nitrogens is 2. The summed E-state index contributed by atoms with van der Waals surface area (Å²) in [6, 6.07) is 5.86. The molecule has 1 unspecified atom stereocenters. The van der Waals surface area contributed by atoms with Crippen LogP contribution in [0.5, 0.6) is 0 Å². The van der Waals surface area contributed by atoms with Crippen molar-refractivity contribution in [2.75, 3.05) is 19.6 Å². The van der Waals surface area contributed by atoms with Gasteiger partial charge in [-0.15, -0.1) is 0 Å². The van der Waals surface area contributed by atoms with Crippen LogP contribution in [0, 0.1) is 0 Å². The Kier molecular flexibility index (Phi) is 3.91. The molecule has 1 aliphatic heterocycles. The minimum Gasteiger partial charge on any atom is -0.468 e. The maximum atomic E-state index is 12.3. The van der Waals surface area contributed by atoms with E-state index in [2.05, 4.69) is 20.4 Å². The molecule has 1 saturated carbocycles. The number of hydrogen-bond donors (Lipinski definition) is 2. The third-order valence-electron chi connectivity index (χ3n) is 4.76. The predicted octanol–water partition coefficient (Wildman–Crippen LogP) is 2.45. The fraction of sp³-hybridized carbons (Fsp3) is 0.529. The standard InChI is InChI=1S/C17H22N4O2/c22-17(14-10-13(19-20-14)12-5-6-12)18-11-15(16-4-3-9-23-16)21-7-1-2-8-21/h3-4,9-10,12,15H,1-2,5-8,11H2,(H,18,22)(H,19,20). The number of nitrogens with one attached hydrogen (secondary N) is 2. The molecule has 1 atom stereocenters. The van der Waals surface area contributed by atoms with E-state index < -0.39 is 0 Å². The highest BCUT2D eigenvalue weighted by molar-refractivity contribution is 5.92. The lowest BCUT2D eigenvalue weighted by atomic mass is 10.2. The second kappa shape index (κ2) is 6.20. The van der Waals surface area contributed by atoms with Crippen LogP contribution < -0.4 is 5.32 Å². The topological polar surface area (TPSA) is 74.2 Å². The quantitative estimate of drug-likeness (QED) is 0.859. The molecule has 2 N–H and O–H groups in total. The van der Waals surface area contributed by atoms with E-state index in [4.69, 9.17) is 4.42 Å². The molecule has 6 heteroatoms. The van der Waals surface area contributed by atoms with Crippen LogP contribution in [0.15, 0.2) is 28.9 Å². The number of carbonyl (C=O) groups excluding carboxylic acids is 1. The minimum atomic E-state index is -0.121. The van der Waals surface area contributed by atoms with Gasteiger partial charge in [-0.25, -0.2) is 0 Å². The van der Waals surface area contributed by atoms with Crippen LogP contribution >= 0.6 is 0 Å². The van der Waals surface area contributed by atoms with Gasteiger partial charge in [0.05, 0.1) is 12.3 Å². The molecule has 2 aromatic heterocycles. The molecule has 0 bridgehead atoms. The highest BCUT2D eigenvalue weighted by atomic mass is 16.3. The molecule has 4 rings (SSSR count). The van der Waals surface area contributed by atoms with Crippen LogP contribution in [0.25, 0.3) is 0 Å². The number of carbonyl (C=O) groups is 1. The molecule has 23 heavy (non-hydrogen) atoms. The van der Waals surface area contributed by atoms with Crippen molar-refractivity contribution in [3.05, 3.63) is 41.6 Å². The van der Waals surface area contributed by atoms with Gasteiger partial charge in [-0.2, -0.15) is 5.10 Å². The summed E-state index contributed by atoms with van der Waals surface area (Å²) in [6.07, 6.45) is 6.48. The van der Waals surface area contributed by atoms with E-state index in [0.717, 1.165) is 24.5 Å². The largest absolute Gasteiger partial charge is 0.468 e. The molecule has 2 aromatic rings. The van der Waals surface area contributed by atoms with Crippen molar-refractivity contribution in [2.24, 2.45) is 0 Å². The van der Waals surface area contributed by atoms with Crippen LogP contribution in [-0.2, 0) is 0 Å². The van der Waals surface area contributed by atoms with E-state index in [0.29, 0.717) is 18.2 Å². The Bertz CT molecular complexity index is 654. The SMILES string of the molecule is O=C(NCC(c1ccco1)N1CCCC1)c1cc(C2CC2)[nH]n1. The number of likely N-dealkylation sites (tertiary alicyclic amines) is 1. The zero-order valence-corrected chi connectivity index (χ0v) is 13.1. The van der Waals surface area contributed by atoms with Crippen LogP contribution in [0.4, 0.5) is 0 Å². The smallest absolute Gasteiger partial charge is 0.271 e. The molecule has 122 valence electrons. The molecule has 2 aliphatic rings. The summed E-state index contributed by atoms with van der Waals surface area (Å²) in [6.45, 7) is 2.64. The second-order valence-corrected chi connectivity index (χ2v) is 6.47. The Labute approximate surface area is 135 Å². The number of hydrogen-bond acceptors (Lipinski definition) is 4. The van der Waals surface area contributed by atoms with Crippen molar-refractivity contribution < 1.29 is 9.21 Å². The summed E-state index contributed by atoms with van der Waals surface area (Å²) >= 11 is 0. The third-order valence-corrected chi connectivity index (χ3v) is 4.76. The fourth-order valence-electron chi connectivity index (χ4n) is 3.28. The summed E-state index contributed by atoms with van der Waals surface area (Å²) in [5.41, 5.74) is 1.56. The Morgan fingerprint density at radius 2 is 2.26 bits per heavy atom. The summed E-state index contributed by atoms with van der Waals surface area (Å²) < 4.78 is 5.58. The number of H-pyrrole nitrogens is 1. The first-order valence-corrected chi connectivity index (χ1v) is 8.42. The van der Waals surface area contributed by atoms with Crippen LogP contribution in [0.2, 0.25) is 0 Å². The minimum absolute atomic E-state index is 0.0956. The summed E-state index contributed by atoms with van der Waals surface area (Å²) in [7, 11) is 0. The maximum absolute atomic E-state index is 12.3. The van der Waals surface area contributed by atoms with Crippen LogP contribution in [0.3, 0.4) is 0 Å². The Morgan fingerprint density at radius 1 is 1.43 bits per heavy atom. The van der Waals surface area contributed by atoms with Crippen molar-refractivity contribution in [1.82, 2.24) is 20.4 Å². The first-order valence-electron chi connectivity index (χ1n) is 8.42. The lowest BCUT2D eigenvalue weighted by Crippen LogP contribution is -2.36. The van der Waals surface area contributed by atoms with Crippen molar-refractivity contribution in [3.8, 4) is 0 Å². The van der Waals surface area contributed by atoms with E-state index in [1.807, 2.05) is 18.2 Å². The number of rotatable bonds is 6. The van der Waals surface area contributed by atoms with E-state index in [9.17, 15) is 4.79 Å². The van der Waals surface area contributed by atoms with Crippen LogP contribution in [0.1, 0.15) is 59.6 Å². The van der Waals surface area contributed by atoms with Gasteiger partial charge in [0, 0.05) is 18.2 Å². The molecule has 0 spiro atoms. The van der Waals surface area contributed by atoms with Crippen molar-refractivity contribution in [3.63, 3.8) is 0 Å². The first-order chi connectivity index (χ1) is 11.3. The molecular formula is C17H22N4O2. The Hall–Kier alpha value is -2.08. The lowest BCUT2D eigenvalue weighted by molar-refractivity contribution is 0.0928. The number of nitrogens with zero attached hydrogens (tertiary/aromatic N) is 2. The fourth-order valence-corrected chi connectivity index (χ4v) is 3.28. The molecular weight excluding hydrogens is 292 g/mol. The van der Waals surface area contributed by atoms with Gasteiger partial charge < -0.3 is 9.73 Å². The zero-order chi connectivity index (χ0) is 15.6. The van der Waals surface area contributed by atoms with E-state index in [1.165, 1.54) is 25.7 Å². The van der Waals surface area contributed by atoms with Crippen molar-refractivity contribution in [1.29, 1.82) is 0 Å². The molecule has 2 fully saturated rings. The number of amides is 1. The van der Waals surface area contributed by atoms with Crippen molar-refractivity contribution in [2.45, 2.75) is 37.6 Å². The summed E-state index contributed by atoms with van der Waals surface area (Å²) in [4.78, 5) is 14.7. The van der Waals surface area contributed by atoms with Gasteiger partial charge in [-0.1, -0.05) is 0 Å². The highest BCUT2D eigenvalue weighted by Crippen LogP contribution is 2.39. The van der Waals surface area contributed by atoms with Gasteiger partial charge in [0.2, 0.25) is 0 Å². The first kappa shape index (κ1) is 14.5. The van der Waals surface area contributed by atoms with Gasteiger partial charge in [-0.05, 0) is 57.0 Å².